The van der Waals surface area contributed by atoms with Gasteiger partial charge in [-0.05, 0) is 19.3 Å². The summed E-state index contributed by atoms with van der Waals surface area (Å²) in [4.78, 5) is 21.6. The molecule has 19 heavy (non-hydrogen) atoms. The predicted molar refractivity (Wildman–Crippen MR) is 73.3 cm³/mol. The third kappa shape index (κ3) is 2.52. The van der Waals surface area contributed by atoms with Crippen molar-refractivity contribution in [2.75, 3.05) is 5.32 Å². The molecule has 0 unspecified atom stereocenters. The second kappa shape index (κ2) is 4.75. The maximum atomic E-state index is 12.0. The number of hydrogen-bond donors (Lipinski definition) is 2. The van der Waals surface area contributed by atoms with Crippen LogP contribution in [0.5, 0.6) is 0 Å². The van der Waals surface area contributed by atoms with Crippen LogP contribution in [0, 0.1) is 0 Å². The Bertz CT molecular complexity index is 617. The van der Waals surface area contributed by atoms with E-state index in [0.717, 1.165) is 25.0 Å². The van der Waals surface area contributed by atoms with E-state index < -0.39 is 0 Å². The Morgan fingerprint density at radius 2 is 2.47 bits per heavy atom. The zero-order valence-corrected chi connectivity index (χ0v) is 11.4. The normalized spacial score (nSPS) is 18.1. The van der Waals surface area contributed by atoms with Crippen LogP contribution in [-0.4, -0.2) is 26.5 Å². The first-order chi connectivity index (χ1) is 9.11. The second-order valence-electron chi connectivity index (χ2n) is 4.77. The lowest BCUT2D eigenvalue weighted by atomic mass is 9.99. The molecule has 3 rings (SSSR count). The molecule has 0 aromatic carbocycles. The van der Waals surface area contributed by atoms with E-state index in [4.69, 9.17) is 5.73 Å². The highest BCUT2D eigenvalue weighted by molar-refractivity contribution is 7.15. The van der Waals surface area contributed by atoms with Crippen molar-refractivity contribution >= 4 is 22.4 Å². The molecule has 0 aliphatic heterocycles. The molecule has 0 radical (unpaired) electrons. The molecular weight excluding hydrogens is 262 g/mol. The summed E-state index contributed by atoms with van der Waals surface area (Å²) in [5.74, 6) is -0.226. The van der Waals surface area contributed by atoms with E-state index in [1.807, 2.05) is 7.05 Å². The first-order valence-electron chi connectivity index (χ1n) is 6.15. The summed E-state index contributed by atoms with van der Waals surface area (Å²) in [5, 5.41) is 3.43. The first-order valence-corrected chi connectivity index (χ1v) is 6.97. The van der Waals surface area contributed by atoms with Crippen LogP contribution in [0.1, 0.15) is 27.5 Å². The summed E-state index contributed by atoms with van der Waals surface area (Å²) in [5.41, 5.74) is 7.40. The van der Waals surface area contributed by atoms with E-state index in [-0.39, 0.29) is 11.9 Å². The number of hydrogen-bond acceptors (Lipinski definition) is 5. The van der Waals surface area contributed by atoms with Gasteiger partial charge < -0.3 is 10.3 Å². The van der Waals surface area contributed by atoms with Crippen LogP contribution in [-0.2, 0) is 19.9 Å². The molecular formula is C12H15N5OS. The quantitative estimate of drug-likeness (QED) is 0.855. The molecule has 3 N–H and O–H groups in total. The molecule has 6 nitrogen and oxygen atoms in total. The Hall–Kier alpha value is -1.73. The molecule has 1 aliphatic carbocycles. The topological polar surface area (TPSA) is 85.8 Å². The minimum absolute atomic E-state index is 0.215. The Balaban J connectivity index is 1.75. The fraction of sp³-hybridized carbons (Fsp3) is 0.417. The number of aryl methyl sites for hydroxylation is 2. The van der Waals surface area contributed by atoms with Crippen molar-refractivity contribution in [3.63, 3.8) is 0 Å². The zero-order valence-electron chi connectivity index (χ0n) is 10.6. The number of thiazole rings is 1. The van der Waals surface area contributed by atoms with Gasteiger partial charge in [0.25, 0.3) is 5.91 Å². The van der Waals surface area contributed by atoms with E-state index in [1.165, 1.54) is 16.2 Å². The fourth-order valence-corrected chi connectivity index (χ4v) is 3.24. The van der Waals surface area contributed by atoms with Crippen molar-refractivity contribution in [3.8, 4) is 0 Å². The molecule has 2 aromatic rings. The van der Waals surface area contributed by atoms with Crippen molar-refractivity contribution in [2.24, 2.45) is 12.8 Å². The number of fused-ring (bicyclic) bond motifs is 1. The zero-order chi connectivity index (χ0) is 13.4. The smallest absolute Gasteiger partial charge is 0.277 e. The van der Waals surface area contributed by atoms with Crippen LogP contribution in [0.3, 0.4) is 0 Å². The average Bonchev–Trinajstić information content (AvgIpc) is 2.94. The highest BCUT2D eigenvalue weighted by Gasteiger charge is 2.21. The maximum absolute atomic E-state index is 12.0. The van der Waals surface area contributed by atoms with Crippen LogP contribution in [0.4, 0.5) is 5.13 Å². The number of carbonyl (C=O) groups is 1. The number of anilines is 1. The van der Waals surface area contributed by atoms with Gasteiger partial charge in [-0.25, -0.2) is 9.97 Å². The predicted octanol–water partition coefficient (Wildman–Crippen LogP) is 0.945. The summed E-state index contributed by atoms with van der Waals surface area (Å²) in [6.45, 7) is 0. The van der Waals surface area contributed by atoms with Crippen molar-refractivity contribution in [3.05, 3.63) is 28.8 Å². The minimum atomic E-state index is -0.226. The van der Waals surface area contributed by atoms with E-state index in [9.17, 15) is 4.79 Å². The van der Waals surface area contributed by atoms with Gasteiger partial charge >= 0.3 is 0 Å². The summed E-state index contributed by atoms with van der Waals surface area (Å²) < 4.78 is 1.74. The van der Waals surface area contributed by atoms with Crippen molar-refractivity contribution < 1.29 is 4.79 Å². The van der Waals surface area contributed by atoms with E-state index in [0.29, 0.717) is 10.8 Å². The van der Waals surface area contributed by atoms with Crippen molar-refractivity contribution in [2.45, 2.75) is 25.3 Å². The van der Waals surface area contributed by atoms with Gasteiger partial charge in [0.05, 0.1) is 12.0 Å². The van der Waals surface area contributed by atoms with E-state index >= 15 is 0 Å². The van der Waals surface area contributed by atoms with Gasteiger partial charge in [-0.2, -0.15) is 0 Å². The Morgan fingerprint density at radius 3 is 3.21 bits per heavy atom. The van der Waals surface area contributed by atoms with Gasteiger partial charge in [0.15, 0.2) is 5.13 Å². The van der Waals surface area contributed by atoms with Crippen LogP contribution < -0.4 is 11.1 Å². The maximum Gasteiger partial charge on any atom is 0.277 e. The Kier molecular flexibility index (Phi) is 3.08. The molecule has 7 heteroatoms. The molecule has 2 aromatic heterocycles. The highest BCUT2D eigenvalue weighted by Crippen LogP contribution is 2.29. The van der Waals surface area contributed by atoms with Gasteiger partial charge in [-0.15, -0.1) is 11.3 Å². The fourth-order valence-electron chi connectivity index (χ4n) is 2.15. The summed E-state index contributed by atoms with van der Waals surface area (Å²) in [7, 11) is 1.83. The van der Waals surface area contributed by atoms with Crippen LogP contribution in [0.15, 0.2) is 12.5 Å². The van der Waals surface area contributed by atoms with Crippen LogP contribution in [0.2, 0.25) is 0 Å². The SMILES string of the molecule is Cn1cnc(C(=O)Nc2nc3c(s2)C[C@@H](N)CC3)c1. The number of rotatable bonds is 2. The minimum Gasteiger partial charge on any atom is -0.340 e. The van der Waals surface area contributed by atoms with E-state index in [2.05, 4.69) is 15.3 Å². The number of imidazole rings is 1. The van der Waals surface area contributed by atoms with Gasteiger partial charge in [0, 0.05) is 24.2 Å². The summed E-state index contributed by atoms with van der Waals surface area (Å²) in [6.07, 6.45) is 5.99. The number of nitrogens with one attached hydrogen (secondary N) is 1. The van der Waals surface area contributed by atoms with Crippen LogP contribution in [0.25, 0.3) is 0 Å². The largest absolute Gasteiger partial charge is 0.340 e. The lowest BCUT2D eigenvalue weighted by molar-refractivity contribution is 0.102. The highest BCUT2D eigenvalue weighted by atomic mass is 32.1. The number of carbonyl (C=O) groups excluding carboxylic acids is 1. The van der Waals surface area contributed by atoms with Crippen molar-refractivity contribution in [1.82, 2.24) is 14.5 Å². The summed E-state index contributed by atoms with van der Waals surface area (Å²) in [6, 6.07) is 0.215. The molecule has 1 aliphatic rings. The van der Waals surface area contributed by atoms with Gasteiger partial charge in [0.1, 0.15) is 5.69 Å². The number of nitrogens with zero attached hydrogens (tertiary/aromatic N) is 3. The number of amides is 1. The van der Waals surface area contributed by atoms with Gasteiger partial charge in [-0.3, -0.25) is 10.1 Å². The molecule has 1 amide bonds. The third-order valence-electron chi connectivity index (χ3n) is 3.14. The Morgan fingerprint density at radius 1 is 1.63 bits per heavy atom. The standard InChI is InChI=1S/C12H15N5OS/c1-17-5-9(14-6-17)11(18)16-12-15-8-3-2-7(13)4-10(8)19-12/h5-7H,2-4,13H2,1H3,(H,15,16,18)/t7-/m0/s1. The third-order valence-corrected chi connectivity index (χ3v) is 4.17. The molecule has 100 valence electrons. The summed E-state index contributed by atoms with van der Waals surface area (Å²) >= 11 is 1.51. The molecule has 0 bridgehead atoms. The average molecular weight is 277 g/mol. The molecule has 0 saturated carbocycles. The van der Waals surface area contributed by atoms with Gasteiger partial charge in [-0.1, -0.05) is 0 Å². The number of aromatic nitrogens is 3. The first kappa shape index (κ1) is 12.3. The van der Waals surface area contributed by atoms with Crippen molar-refractivity contribution in [1.29, 1.82) is 0 Å². The lowest BCUT2D eigenvalue weighted by Gasteiger charge is -2.15. The van der Waals surface area contributed by atoms with Crippen LogP contribution >= 0.6 is 11.3 Å². The molecule has 1 atom stereocenters. The molecule has 0 spiro atoms. The molecule has 2 heterocycles. The molecule has 0 saturated heterocycles. The monoisotopic (exact) mass is 277 g/mol. The molecule has 0 fully saturated rings. The Labute approximate surface area is 114 Å². The van der Waals surface area contributed by atoms with Gasteiger partial charge in [0.2, 0.25) is 0 Å². The number of nitrogens with two attached hydrogens (primary N) is 1. The lowest BCUT2D eigenvalue weighted by Crippen LogP contribution is -2.27. The van der Waals surface area contributed by atoms with E-state index in [1.54, 1.807) is 17.1 Å². The second-order valence-corrected chi connectivity index (χ2v) is 5.85.